The van der Waals surface area contributed by atoms with E-state index in [1.165, 1.54) is 24.9 Å². The molecule has 21 heavy (non-hydrogen) atoms. The maximum absolute atomic E-state index is 13.6. The van der Waals surface area contributed by atoms with Crippen LogP contribution in [0.15, 0.2) is 18.2 Å². The van der Waals surface area contributed by atoms with E-state index in [1.54, 1.807) is 0 Å². The Morgan fingerprint density at radius 1 is 1.29 bits per heavy atom. The zero-order chi connectivity index (χ0) is 16.2. The number of carbonyl (C=O) groups is 2. The average Bonchev–Trinajstić information content (AvgIpc) is 2.37. The second kappa shape index (κ2) is 7.15. The summed E-state index contributed by atoms with van der Waals surface area (Å²) < 4.78 is 26.4. The second-order valence-corrected chi connectivity index (χ2v) is 5.35. The molecule has 0 aromatic heterocycles. The lowest BCUT2D eigenvalue weighted by atomic mass is 10.0. The molecule has 0 spiro atoms. The highest BCUT2D eigenvalue weighted by atomic mass is 19.1. The quantitative estimate of drug-likeness (QED) is 0.905. The van der Waals surface area contributed by atoms with Crippen LogP contribution in [0, 0.1) is 17.6 Å². The van der Waals surface area contributed by atoms with Crippen LogP contribution in [0.4, 0.5) is 8.78 Å². The third kappa shape index (κ3) is 4.81. The third-order valence-corrected chi connectivity index (χ3v) is 3.09. The van der Waals surface area contributed by atoms with Crippen molar-refractivity contribution < 1.29 is 18.4 Å². The molecule has 0 fully saturated rings. The van der Waals surface area contributed by atoms with Gasteiger partial charge >= 0.3 is 0 Å². The predicted molar refractivity (Wildman–Crippen MR) is 75.3 cm³/mol. The highest BCUT2D eigenvalue weighted by Crippen LogP contribution is 2.13. The molecule has 2 amide bonds. The van der Waals surface area contributed by atoms with Gasteiger partial charge in [0.15, 0.2) is 0 Å². The molecule has 1 aromatic rings. The summed E-state index contributed by atoms with van der Waals surface area (Å²) in [5.41, 5.74) is 0.220. The van der Waals surface area contributed by atoms with Crippen LogP contribution in [0.5, 0.6) is 0 Å². The summed E-state index contributed by atoms with van der Waals surface area (Å²) in [5, 5.41) is 2.59. The van der Waals surface area contributed by atoms with E-state index in [9.17, 15) is 18.4 Å². The van der Waals surface area contributed by atoms with Crippen molar-refractivity contribution >= 4 is 11.8 Å². The minimum Gasteiger partial charge on any atom is -0.344 e. The van der Waals surface area contributed by atoms with Crippen molar-refractivity contribution in [3.63, 3.8) is 0 Å². The first-order chi connectivity index (χ1) is 9.72. The highest BCUT2D eigenvalue weighted by molar-refractivity contribution is 5.86. The first-order valence-electron chi connectivity index (χ1n) is 6.68. The van der Waals surface area contributed by atoms with Crippen LogP contribution >= 0.6 is 0 Å². The number of nitrogens with one attached hydrogen (secondary N) is 1. The van der Waals surface area contributed by atoms with Gasteiger partial charge in [-0.05, 0) is 12.0 Å². The smallest absolute Gasteiger partial charge is 0.245 e. The number of rotatable bonds is 5. The molecule has 0 aliphatic rings. The van der Waals surface area contributed by atoms with Crippen LogP contribution < -0.4 is 5.32 Å². The molecule has 1 N–H and O–H groups in total. The number of hydrogen-bond acceptors (Lipinski definition) is 2. The van der Waals surface area contributed by atoms with Gasteiger partial charge in [-0.25, -0.2) is 8.78 Å². The molecular weight excluding hydrogens is 278 g/mol. The summed E-state index contributed by atoms with van der Waals surface area (Å²) in [6.45, 7) is 4.96. The zero-order valence-corrected chi connectivity index (χ0v) is 12.6. The molecule has 0 saturated heterocycles. The number of halogens is 2. The summed E-state index contributed by atoms with van der Waals surface area (Å²) in [4.78, 5) is 24.8. The number of benzene rings is 1. The van der Waals surface area contributed by atoms with Gasteiger partial charge in [-0.2, -0.15) is 0 Å². The highest BCUT2D eigenvalue weighted by Gasteiger charge is 2.26. The van der Waals surface area contributed by atoms with Gasteiger partial charge in [0, 0.05) is 32.1 Å². The number of amides is 2. The van der Waals surface area contributed by atoms with Gasteiger partial charge in [0.1, 0.15) is 17.7 Å². The molecule has 0 aliphatic carbocycles. The van der Waals surface area contributed by atoms with E-state index in [0.717, 1.165) is 12.1 Å². The Hall–Kier alpha value is -1.98. The molecule has 1 aromatic carbocycles. The monoisotopic (exact) mass is 298 g/mol. The lowest BCUT2D eigenvalue weighted by molar-refractivity contribution is -0.136. The number of nitrogens with zero attached hydrogens (tertiary/aromatic N) is 1. The molecule has 1 atom stereocenters. The van der Waals surface area contributed by atoms with Gasteiger partial charge in [-0.15, -0.1) is 0 Å². The van der Waals surface area contributed by atoms with Crippen LogP contribution in [0.3, 0.4) is 0 Å². The molecule has 0 saturated carbocycles. The van der Waals surface area contributed by atoms with E-state index in [2.05, 4.69) is 5.32 Å². The van der Waals surface area contributed by atoms with E-state index in [-0.39, 0.29) is 29.8 Å². The predicted octanol–water partition coefficient (Wildman–Crippen LogP) is 2.08. The Balaban J connectivity index is 2.83. The fraction of sp³-hybridized carbons (Fsp3) is 0.467. The van der Waals surface area contributed by atoms with Gasteiger partial charge in [-0.3, -0.25) is 9.59 Å². The van der Waals surface area contributed by atoms with E-state index in [0.29, 0.717) is 0 Å². The second-order valence-electron chi connectivity index (χ2n) is 5.35. The van der Waals surface area contributed by atoms with Crippen LogP contribution in [-0.4, -0.2) is 29.8 Å². The standard InChI is InChI=1S/C15H20F2N2O2/c1-9(2)14(18-10(3)20)15(21)19(4)8-11-5-6-12(16)7-13(11)17/h5-7,9,14H,8H2,1-4H3,(H,18,20)/t14-/m1/s1. The van der Waals surface area contributed by atoms with Gasteiger partial charge in [0.25, 0.3) is 0 Å². The van der Waals surface area contributed by atoms with E-state index < -0.39 is 17.7 Å². The SMILES string of the molecule is CC(=O)N[C@@H](C(=O)N(C)Cc1ccc(F)cc1F)C(C)C. The lowest BCUT2D eigenvalue weighted by Crippen LogP contribution is -2.49. The fourth-order valence-corrected chi connectivity index (χ4v) is 1.95. The van der Waals surface area contributed by atoms with E-state index in [4.69, 9.17) is 0 Å². The molecule has 0 radical (unpaired) electrons. The average molecular weight is 298 g/mol. The van der Waals surface area contributed by atoms with Gasteiger partial charge in [0.05, 0.1) is 0 Å². The lowest BCUT2D eigenvalue weighted by Gasteiger charge is -2.26. The molecule has 0 unspecified atom stereocenters. The van der Waals surface area contributed by atoms with Crippen molar-refractivity contribution in [2.45, 2.75) is 33.4 Å². The van der Waals surface area contributed by atoms with Crippen molar-refractivity contribution in [2.24, 2.45) is 5.92 Å². The fourth-order valence-electron chi connectivity index (χ4n) is 1.95. The van der Waals surface area contributed by atoms with Crippen molar-refractivity contribution in [3.05, 3.63) is 35.4 Å². The van der Waals surface area contributed by atoms with Crippen molar-refractivity contribution in [1.82, 2.24) is 10.2 Å². The summed E-state index contributed by atoms with van der Waals surface area (Å²) in [6, 6.07) is 2.55. The van der Waals surface area contributed by atoms with E-state index in [1.807, 2.05) is 13.8 Å². The molecule has 0 bridgehead atoms. The minimum absolute atomic E-state index is 0.00769. The van der Waals surface area contributed by atoms with Gasteiger partial charge in [0.2, 0.25) is 11.8 Å². The van der Waals surface area contributed by atoms with Crippen molar-refractivity contribution in [1.29, 1.82) is 0 Å². The maximum Gasteiger partial charge on any atom is 0.245 e. The summed E-state index contributed by atoms with van der Waals surface area (Å²) in [7, 11) is 1.52. The largest absolute Gasteiger partial charge is 0.344 e. The zero-order valence-electron chi connectivity index (χ0n) is 12.6. The first-order valence-corrected chi connectivity index (χ1v) is 6.68. The summed E-state index contributed by atoms with van der Waals surface area (Å²) in [5.74, 6) is -2.08. The van der Waals surface area contributed by atoms with Crippen LogP contribution in [0.25, 0.3) is 0 Å². The molecular formula is C15H20F2N2O2. The van der Waals surface area contributed by atoms with Gasteiger partial charge in [-0.1, -0.05) is 19.9 Å². The molecule has 4 nitrogen and oxygen atoms in total. The van der Waals surface area contributed by atoms with Crippen LogP contribution in [0.2, 0.25) is 0 Å². The number of likely N-dealkylation sites (N-methyl/N-ethyl adjacent to an activating group) is 1. The first kappa shape index (κ1) is 17.1. The molecule has 0 heterocycles. The topological polar surface area (TPSA) is 49.4 Å². The maximum atomic E-state index is 13.6. The third-order valence-electron chi connectivity index (χ3n) is 3.09. The Kier molecular flexibility index (Phi) is 5.81. The van der Waals surface area contributed by atoms with Crippen molar-refractivity contribution in [2.75, 3.05) is 7.05 Å². The number of carbonyl (C=O) groups excluding carboxylic acids is 2. The normalized spacial score (nSPS) is 12.1. The van der Waals surface area contributed by atoms with Crippen molar-refractivity contribution in [3.8, 4) is 0 Å². The Morgan fingerprint density at radius 2 is 1.90 bits per heavy atom. The Morgan fingerprint density at radius 3 is 2.38 bits per heavy atom. The van der Waals surface area contributed by atoms with Crippen LogP contribution in [-0.2, 0) is 16.1 Å². The van der Waals surface area contributed by atoms with Crippen LogP contribution in [0.1, 0.15) is 26.3 Å². The summed E-state index contributed by atoms with van der Waals surface area (Å²) >= 11 is 0. The Bertz CT molecular complexity index is 532. The summed E-state index contributed by atoms with van der Waals surface area (Å²) in [6.07, 6.45) is 0. The van der Waals surface area contributed by atoms with E-state index >= 15 is 0 Å². The molecule has 116 valence electrons. The number of hydrogen-bond donors (Lipinski definition) is 1. The Labute approximate surface area is 123 Å². The molecule has 1 rings (SSSR count). The molecule has 0 aliphatic heterocycles. The molecule has 6 heteroatoms. The van der Waals surface area contributed by atoms with Gasteiger partial charge < -0.3 is 10.2 Å². The minimum atomic E-state index is -0.699.